The summed E-state index contributed by atoms with van der Waals surface area (Å²) in [6.45, 7) is 1.82. The SMILES string of the molecule is Cc1ccc(NC(=O)C(=O)Nn2c(C(=O)Nc3ccccc3Cl)cc3cc(Cl)ccc32)cc1Cl. The summed E-state index contributed by atoms with van der Waals surface area (Å²) in [5.74, 6) is -2.48. The zero-order valence-electron chi connectivity index (χ0n) is 17.7. The third kappa shape index (κ3) is 5.02. The standard InChI is InChI=1S/C24H17Cl3N4O3/c1-13-6-8-16(12-18(13)27)28-23(33)24(34)30-31-20-9-7-15(25)10-14(20)11-21(31)22(32)29-19-5-3-2-4-17(19)26/h2-12H,1H3,(H,28,33)(H,29,32)(H,30,34). The van der Waals surface area contributed by atoms with Gasteiger partial charge in [-0.2, -0.15) is 0 Å². The second-order valence-corrected chi connectivity index (χ2v) is 8.61. The summed E-state index contributed by atoms with van der Waals surface area (Å²) >= 11 is 18.3. The van der Waals surface area contributed by atoms with Crippen molar-refractivity contribution in [3.63, 3.8) is 0 Å². The Kier molecular flexibility index (Phi) is 6.79. The van der Waals surface area contributed by atoms with Crippen molar-refractivity contribution >= 4 is 74.8 Å². The maximum absolute atomic E-state index is 13.1. The Morgan fingerprint density at radius 1 is 0.794 bits per heavy atom. The molecule has 0 radical (unpaired) electrons. The molecule has 7 nitrogen and oxygen atoms in total. The lowest BCUT2D eigenvalue weighted by Crippen LogP contribution is -2.36. The molecular formula is C24H17Cl3N4O3. The second-order valence-electron chi connectivity index (χ2n) is 7.36. The number of aromatic nitrogens is 1. The topological polar surface area (TPSA) is 92.2 Å². The summed E-state index contributed by atoms with van der Waals surface area (Å²) in [6.07, 6.45) is 0. The molecule has 0 aliphatic heterocycles. The van der Waals surface area contributed by atoms with Gasteiger partial charge in [-0.25, -0.2) is 4.68 Å². The van der Waals surface area contributed by atoms with Crippen LogP contribution in [0.1, 0.15) is 16.1 Å². The lowest BCUT2D eigenvalue weighted by molar-refractivity contribution is -0.133. The molecule has 3 N–H and O–H groups in total. The molecule has 0 unspecified atom stereocenters. The number of hydrogen-bond acceptors (Lipinski definition) is 3. The first-order valence-electron chi connectivity index (χ1n) is 9.98. The van der Waals surface area contributed by atoms with Crippen LogP contribution >= 0.6 is 34.8 Å². The molecule has 0 saturated carbocycles. The van der Waals surface area contributed by atoms with Gasteiger partial charge in [0.1, 0.15) is 5.69 Å². The van der Waals surface area contributed by atoms with Crippen LogP contribution < -0.4 is 16.1 Å². The van der Waals surface area contributed by atoms with Crippen molar-refractivity contribution in [2.24, 2.45) is 0 Å². The van der Waals surface area contributed by atoms with Crippen LogP contribution in [0.25, 0.3) is 10.9 Å². The van der Waals surface area contributed by atoms with Crippen molar-refractivity contribution in [3.8, 4) is 0 Å². The average molecular weight is 516 g/mol. The quantitative estimate of drug-likeness (QED) is 0.297. The average Bonchev–Trinajstić information content (AvgIpc) is 3.15. The molecule has 4 rings (SSSR count). The molecule has 172 valence electrons. The highest BCUT2D eigenvalue weighted by Crippen LogP contribution is 2.26. The van der Waals surface area contributed by atoms with E-state index in [9.17, 15) is 14.4 Å². The predicted octanol–water partition coefficient (Wildman–Crippen LogP) is 5.87. The van der Waals surface area contributed by atoms with E-state index in [1.165, 1.54) is 10.7 Å². The summed E-state index contributed by atoms with van der Waals surface area (Å²) in [6, 6.07) is 18.0. The van der Waals surface area contributed by atoms with Gasteiger partial charge in [0.05, 0.1) is 16.2 Å². The highest BCUT2D eigenvalue weighted by molar-refractivity contribution is 6.43. The lowest BCUT2D eigenvalue weighted by atomic mass is 10.2. The number of amides is 3. The molecule has 0 fully saturated rings. The minimum absolute atomic E-state index is 0.0664. The van der Waals surface area contributed by atoms with Crippen LogP contribution in [-0.2, 0) is 9.59 Å². The number of carbonyl (C=O) groups excluding carboxylic acids is 3. The van der Waals surface area contributed by atoms with Crippen LogP contribution in [0.2, 0.25) is 15.1 Å². The summed E-state index contributed by atoms with van der Waals surface area (Å²) in [5.41, 5.74) is 4.59. The van der Waals surface area contributed by atoms with Gasteiger partial charge >= 0.3 is 11.8 Å². The molecule has 1 aromatic heterocycles. The Hall–Kier alpha value is -3.52. The zero-order valence-corrected chi connectivity index (χ0v) is 19.9. The molecule has 0 aliphatic rings. The molecule has 1 heterocycles. The Morgan fingerprint density at radius 2 is 1.56 bits per heavy atom. The summed E-state index contributed by atoms with van der Waals surface area (Å²) in [7, 11) is 0. The van der Waals surface area contributed by atoms with E-state index in [4.69, 9.17) is 34.8 Å². The number of nitrogens with zero attached hydrogens (tertiary/aromatic N) is 1. The molecule has 3 aromatic carbocycles. The van der Waals surface area contributed by atoms with Crippen molar-refractivity contribution in [3.05, 3.63) is 93.1 Å². The van der Waals surface area contributed by atoms with Gasteiger partial charge in [0.2, 0.25) is 0 Å². The molecular weight excluding hydrogens is 499 g/mol. The summed E-state index contributed by atoms with van der Waals surface area (Å²) in [5, 5.41) is 7.02. The normalized spacial score (nSPS) is 10.7. The van der Waals surface area contributed by atoms with Crippen molar-refractivity contribution in [2.45, 2.75) is 6.92 Å². The van der Waals surface area contributed by atoms with E-state index in [1.807, 2.05) is 6.92 Å². The number of nitrogens with one attached hydrogen (secondary N) is 3. The molecule has 34 heavy (non-hydrogen) atoms. The lowest BCUT2D eigenvalue weighted by Gasteiger charge is -2.13. The Morgan fingerprint density at radius 3 is 2.29 bits per heavy atom. The largest absolute Gasteiger partial charge is 0.328 e. The Labute approximate surface area is 209 Å². The van der Waals surface area contributed by atoms with E-state index in [0.717, 1.165) is 5.56 Å². The molecule has 3 amide bonds. The number of carbonyl (C=O) groups is 3. The van der Waals surface area contributed by atoms with Crippen molar-refractivity contribution in [1.82, 2.24) is 4.68 Å². The fourth-order valence-corrected chi connectivity index (χ4v) is 3.78. The van der Waals surface area contributed by atoms with E-state index >= 15 is 0 Å². The van der Waals surface area contributed by atoms with E-state index in [1.54, 1.807) is 60.7 Å². The number of benzene rings is 3. The van der Waals surface area contributed by atoms with Crippen LogP contribution in [-0.4, -0.2) is 22.4 Å². The fourth-order valence-electron chi connectivity index (χ4n) is 3.23. The van der Waals surface area contributed by atoms with Crippen LogP contribution in [0.5, 0.6) is 0 Å². The van der Waals surface area contributed by atoms with Gasteiger partial charge in [0.25, 0.3) is 5.91 Å². The van der Waals surface area contributed by atoms with Crippen molar-refractivity contribution in [1.29, 1.82) is 0 Å². The number of anilines is 2. The van der Waals surface area contributed by atoms with Crippen LogP contribution in [0, 0.1) is 6.92 Å². The number of aryl methyl sites for hydroxylation is 1. The zero-order chi connectivity index (χ0) is 24.4. The molecule has 0 bridgehead atoms. The highest BCUT2D eigenvalue weighted by atomic mass is 35.5. The molecule has 0 spiro atoms. The first-order valence-corrected chi connectivity index (χ1v) is 11.1. The van der Waals surface area contributed by atoms with Gasteiger partial charge in [-0.3, -0.25) is 19.8 Å². The van der Waals surface area contributed by atoms with E-state index in [2.05, 4.69) is 16.1 Å². The highest BCUT2D eigenvalue weighted by Gasteiger charge is 2.22. The third-order valence-electron chi connectivity index (χ3n) is 4.97. The van der Waals surface area contributed by atoms with E-state index < -0.39 is 17.7 Å². The van der Waals surface area contributed by atoms with Gasteiger partial charge in [-0.1, -0.05) is 53.0 Å². The van der Waals surface area contributed by atoms with Gasteiger partial charge < -0.3 is 10.6 Å². The number of para-hydroxylation sites is 1. The van der Waals surface area contributed by atoms with Crippen LogP contribution in [0.3, 0.4) is 0 Å². The predicted molar refractivity (Wildman–Crippen MR) is 136 cm³/mol. The summed E-state index contributed by atoms with van der Waals surface area (Å²) < 4.78 is 1.22. The molecule has 10 heteroatoms. The molecule has 0 aliphatic carbocycles. The maximum Gasteiger partial charge on any atom is 0.328 e. The first-order chi connectivity index (χ1) is 16.2. The number of halogens is 3. The molecule has 0 saturated heterocycles. The monoisotopic (exact) mass is 514 g/mol. The number of fused-ring (bicyclic) bond motifs is 1. The maximum atomic E-state index is 13.1. The molecule has 0 atom stereocenters. The second kappa shape index (κ2) is 9.77. The number of rotatable bonds is 4. The van der Waals surface area contributed by atoms with Gasteiger partial charge in [0, 0.05) is 21.1 Å². The number of hydrogen-bond donors (Lipinski definition) is 3. The fraction of sp³-hybridized carbons (Fsp3) is 0.0417. The van der Waals surface area contributed by atoms with Crippen molar-refractivity contribution < 1.29 is 14.4 Å². The van der Waals surface area contributed by atoms with E-state index in [0.29, 0.717) is 37.3 Å². The van der Waals surface area contributed by atoms with Gasteiger partial charge in [0.15, 0.2) is 0 Å². The van der Waals surface area contributed by atoms with Gasteiger partial charge in [-0.05, 0) is 61.0 Å². The minimum atomic E-state index is -0.990. The smallest absolute Gasteiger partial charge is 0.319 e. The minimum Gasteiger partial charge on any atom is -0.319 e. The Balaban J connectivity index is 1.63. The summed E-state index contributed by atoms with van der Waals surface area (Å²) in [4.78, 5) is 38.3. The first kappa shape index (κ1) is 23.6. The van der Waals surface area contributed by atoms with Crippen LogP contribution in [0.15, 0.2) is 66.7 Å². The Bertz CT molecular complexity index is 1450. The van der Waals surface area contributed by atoms with Crippen molar-refractivity contribution in [2.75, 3.05) is 16.1 Å². The van der Waals surface area contributed by atoms with Crippen LogP contribution in [0.4, 0.5) is 11.4 Å². The molecule has 4 aromatic rings. The third-order valence-corrected chi connectivity index (χ3v) is 5.94. The van der Waals surface area contributed by atoms with E-state index in [-0.39, 0.29) is 5.69 Å². The van der Waals surface area contributed by atoms with Gasteiger partial charge in [-0.15, -0.1) is 0 Å².